The van der Waals surface area contributed by atoms with Gasteiger partial charge in [-0.05, 0) is 19.9 Å². The second-order valence-corrected chi connectivity index (χ2v) is 4.44. The van der Waals surface area contributed by atoms with Gasteiger partial charge in [0.15, 0.2) is 0 Å². The van der Waals surface area contributed by atoms with Crippen molar-refractivity contribution in [2.75, 3.05) is 20.1 Å². The van der Waals surface area contributed by atoms with E-state index in [4.69, 9.17) is 0 Å². The second-order valence-electron chi connectivity index (χ2n) is 4.44. The number of nitrogens with zero attached hydrogens (tertiary/aromatic N) is 1. The lowest BCUT2D eigenvalue weighted by Crippen LogP contribution is -2.47. The Morgan fingerprint density at radius 2 is 1.92 bits per heavy atom. The van der Waals surface area contributed by atoms with Gasteiger partial charge in [-0.3, -0.25) is 4.90 Å². The molecule has 1 fully saturated rings. The average Bonchev–Trinajstić information content (AvgIpc) is 2.48. The minimum absolute atomic E-state index is 0.203. The van der Waals surface area contributed by atoms with Crippen LogP contribution < -0.4 is 5.32 Å². The summed E-state index contributed by atoms with van der Waals surface area (Å²) in [7, 11) is 2.10. The van der Waals surface area contributed by atoms with Crippen LogP contribution in [0.4, 0.5) is 0 Å². The third-order valence-electron chi connectivity index (χ3n) is 3.28. The van der Waals surface area contributed by atoms with Crippen LogP contribution in [0.1, 0.15) is 20.8 Å². The standard InChI is InChI=1S/C10H22N2O/c1-7(2)8(3)12(4)9-5-11-6-10(9)13/h7-11,13H,5-6H2,1-4H3. The molecule has 1 rings (SSSR count). The van der Waals surface area contributed by atoms with Gasteiger partial charge in [0.1, 0.15) is 0 Å². The van der Waals surface area contributed by atoms with E-state index in [2.05, 4.69) is 38.0 Å². The number of hydrogen-bond donors (Lipinski definition) is 2. The first-order valence-corrected chi connectivity index (χ1v) is 5.14. The largest absolute Gasteiger partial charge is 0.390 e. The lowest BCUT2D eigenvalue weighted by molar-refractivity contribution is 0.0645. The highest BCUT2D eigenvalue weighted by Gasteiger charge is 2.31. The lowest BCUT2D eigenvalue weighted by Gasteiger charge is -2.34. The monoisotopic (exact) mass is 186 g/mol. The third-order valence-corrected chi connectivity index (χ3v) is 3.28. The van der Waals surface area contributed by atoms with Crippen LogP contribution in [-0.4, -0.2) is 48.3 Å². The van der Waals surface area contributed by atoms with Crippen LogP contribution in [-0.2, 0) is 0 Å². The average molecular weight is 186 g/mol. The summed E-state index contributed by atoms with van der Waals surface area (Å²) in [5, 5.41) is 12.9. The number of likely N-dealkylation sites (N-methyl/N-ethyl adjacent to an activating group) is 1. The summed E-state index contributed by atoms with van der Waals surface area (Å²) in [5.74, 6) is 0.637. The molecular formula is C10H22N2O. The van der Waals surface area contributed by atoms with Crippen molar-refractivity contribution in [3.05, 3.63) is 0 Å². The molecule has 3 unspecified atom stereocenters. The number of rotatable bonds is 3. The summed E-state index contributed by atoms with van der Waals surface area (Å²) >= 11 is 0. The van der Waals surface area contributed by atoms with Gasteiger partial charge in [0.05, 0.1) is 6.10 Å². The fraction of sp³-hybridized carbons (Fsp3) is 1.00. The van der Waals surface area contributed by atoms with E-state index in [1.807, 2.05) is 0 Å². The van der Waals surface area contributed by atoms with Gasteiger partial charge < -0.3 is 10.4 Å². The van der Waals surface area contributed by atoms with Crippen molar-refractivity contribution < 1.29 is 5.11 Å². The maximum absolute atomic E-state index is 9.69. The summed E-state index contributed by atoms with van der Waals surface area (Å²) in [6.45, 7) is 8.30. The maximum Gasteiger partial charge on any atom is 0.0831 e. The topological polar surface area (TPSA) is 35.5 Å². The molecule has 3 nitrogen and oxygen atoms in total. The van der Waals surface area contributed by atoms with E-state index in [0.717, 1.165) is 13.1 Å². The molecule has 1 saturated heterocycles. The van der Waals surface area contributed by atoms with Crippen LogP contribution in [0.25, 0.3) is 0 Å². The lowest BCUT2D eigenvalue weighted by atomic mass is 10.0. The number of hydrogen-bond acceptors (Lipinski definition) is 3. The van der Waals surface area contributed by atoms with E-state index >= 15 is 0 Å². The van der Waals surface area contributed by atoms with Crippen LogP contribution in [0.3, 0.4) is 0 Å². The van der Waals surface area contributed by atoms with E-state index in [1.165, 1.54) is 0 Å². The number of aliphatic hydroxyl groups is 1. The fourth-order valence-electron chi connectivity index (χ4n) is 1.84. The van der Waals surface area contributed by atoms with Gasteiger partial charge in [0.2, 0.25) is 0 Å². The molecule has 0 aromatic rings. The van der Waals surface area contributed by atoms with Crippen LogP contribution in [0.2, 0.25) is 0 Å². The molecular weight excluding hydrogens is 164 g/mol. The summed E-state index contributed by atoms with van der Waals surface area (Å²) in [5.41, 5.74) is 0. The maximum atomic E-state index is 9.69. The van der Waals surface area contributed by atoms with Gasteiger partial charge >= 0.3 is 0 Å². The van der Waals surface area contributed by atoms with Crippen molar-refractivity contribution in [2.45, 2.75) is 39.0 Å². The molecule has 0 amide bonds. The van der Waals surface area contributed by atoms with E-state index in [0.29, 0.717) is 12.0 Å². The van der Waals surface area contributed by atoms with Gasteiger partial charge in [-0.1, -0.05) is 13.8 Å². The van der Waals surface area contributed by atoms with E-state index in [1.54, 1.807) is 0 Å². The third kappa shape index (κ3) is 2.42. The molecule has 1 heterocycles. The molecule has 0 aliphatic carbocycles. The van der Waals surface area contributed by atoms with Gasteiger partial charge in [0.25, 0.3) is 0 Å². The highest BCUT2D eigenvalue weighted by atomic mass is 16.3. The summed E-state index contributed by atoms with van der Waals surface area (Å²) in [6.07, 6.45) is -0.203. The molecule has 2 N–H and O–H groups in total. The van der Waals surface area contributed by atoms with E-state index in [9.17, 15) is 5.11 Å². The van der Waals surface area contributed by atoms with Crippen molar-refractivity contribution in [1.82, 2.24) is 10.2 Å². The molecule has 3 heteroatoms. The number of nitrogens with one attached hydrogen (secondary N) is 1. The SMILES string of the molecule is CC(C)C(C)N(C)C1CNCC1O. The predicted molar refractivity (Wildman–Crippen MR) is 54.7 cm³/mol. The Kier molecular flexibility index (Phi) is 3.71. The van der Waals surface area contributed by atoms with E-state index in [-0.39, 0.29) is 12.1 Å². The second kappa shape index (κ2) is 4.40. The first-order chi connectivity index (χ1) is 6.04. The molecule has 3 atom stereocenters. The molecule has 0 aromatic carbocycles. The molecule has 78 valence electrons. The molecule has 0 saturated carbocycles. The van der Waals surface area contributed by atoms with Crippen molar-refractivity contribution in [1.29, 1.82) is 0 Å². The Bertz CT molecular complexity index is 161. The van der Waals surface area contributed by atoms with Crippen LogP contribution in [0, 0.1) is 5.92 Å². The van der Waals surface area contributed by atoms with Crippen molar-refractivity contribution in [3.63, 3.8) is 0 Å². The Labute approximate surface area is 81.1 Å². The minimum atomic E-state index is -0.203. The Morgan fingerprint density at radius 3 is 2.31 bits per heavy atom. The molecule has 0 bridgehead atoms. The van der Waals surface area contributed by atoms with Gasteiger partial charge in [-0.25, -0.2) is 0 Å². The first kappa shape index (κ1) is 11.0. The van der Waals surface area contributed by atoms with Crippen LogP contribution in [0.15, 0.2) is 0 Å². The Morgan fingerprint density at radius 1 is 1.31 bits per heavy atom. The molecule has 1 aliphatic rings. The zero-order valence-corrected chi connectivity index (χ0v) is 9.12. The quantitative estimate of drug-likeness (QED) is 0.665. The summed E-state index contributed by atoms with van der Waals surface area (Å²) in [6, 6.07) is 0.817. The fourth-order valence-corrected chi connectivity index (χ4v) is 1.84. The van der Waals surface area contributed by atoms with Gasteiger partial charge in [0, 0.05) is 25.2 Å². The molecule has 0 radical (unpaired) electrons. The number of β-amino-alcohol motifs (C(OH)–C–C–N with tert-alkyl or cyclic N) is 1. The van der Waals surface area contributed by atoms with Crippen LogP contribution in [0.5, 0.6) is 0 Å². The minimum Gasteiger partial charge on any atom is -0.390 e. The Hall–Kier alpha value is -0.120. The number of aliphatic hydroxyl groups excluding tert-OH is 1. The predicted octanol–water partition coefficient (Wildman–Crippen LogP) is 0.295. The first-order valence-electron chi connectivity index (χ1n) is 5.14. The van der Waals surface area contributed by atoms with Gasteiger partial charge in [-0.15, -0.1) is 0 Å². The molecule has 1 aliphatic heterocycles. The van der Waals surface area contributed by atoms with E-state index < -0.39 is 0 Å². The van der Waals surface area contributed by atoms with Gasteiger partial charge in [-0.2, -0.15) is 0 Å². The highest BCUT2D eigenvalue weighted by Crippen LogP contribution is 2.15. The van der Waals surface area contributed by atoms with Crippen molar-refractivity contribution >= 4 is 0 Å². The summed E-state index contributed by atoms with van der Waals surface area (Å²) < 4.78 is 0. The molecule has 13 heavy (non-hydrogen) atoms. The molecule has 0 aromatic heterocycles. The Balaban J connectivity index is 2.50. The molecule has 0 spiro atoms. The van der Waals surface area contributed by atoms with Crippen molar-refractivity contribution in [3.8, 4) is 0 Å². The highest BCUT2D eigenvalue weighted by molar-refractivity contribution is 4.89. The van der Waals surface area contributed by atoms with Crippen LogP contribution >= 0.6 is 0 Å². The zero-order chi connectivity index (χ0) is 10.0. The van der Waals surface area contributed by atoms with Crippen molar-refractivity contribution in [2.24, 2.45) is 5.92 Å². The zero-order valence-electron chi connectivity index (χ0n) is 9.12. The summed E-state index contributed by atoms with van der Waals surface area (Å²) in [4.78, 5) is 2.29. The smallest absolute Gasteiger partial charge is 0.0831 e. The normalized spacial score (nSPS) is 31.6.